The van der Waals surface area contributed by atoms with Crippen molar-refractivity contribution in [3.05, 3.63) is 67.0 Å². The van der Waals surface area contributed by atoms with Crippen LogP contribution in [0.2, 0.25) is 5.02 Å². The number of hydrogen-bond acceptors (Lipinski definition) is 4. The topological polar surface area (TPSA) is 77.5 Å². The number of aryl methyl sites for hydroxylation is 3. The third kappa shape index (κ3) is 3.20. The summed E-state index contributed by atoms with van der Waals surface area (Å²) in [5.41, 5.74) is 3.05. The second-order valence-electron chi connectivity index (χ2n) is 5.71. The van der Waals surface area contributed by atoms with Gasteiger partial charge in [-0.2, -0.15) is 4.99 Å². The van der Waals surface area contributed by atoms with E-state index in [1.165, 1.54) is 23.5 Å². The van der Waals surface area contributed by atoms with Gasteiger partial charge in [0, 0.05) is 19.2 Å². The zero-order valence-electron chi connectivity index (χ0n) is 13.7. The number of amides is 1. The van der Waals surface area contributed by atoms with E-state index in [1.807, 2.05) is 31.5 Å². The molecule has 8 heteroatoms. The van der Waals surface area contributed by atoms with Crippen molar-refractivity contribution in [2.24, 2.45) is 12.0 Å². The molecule has 0 saturated heterocycles. The van der Waals surface area contributed by atoms with Crippen LogP contribution in [0.3, 0.4) is 0 Å². The number of nitro groups is 1. The monoisotopic (exact) mass is 375 g/mol. The highest BCUT2D eigenvalue weighted by Gasteiger charge is 2.16. The molecule has 0 bridgehead atoms. The number of nitro benzene ring substituents is 1. The molecule has 0 fully saturated rings. The molecule has 0 aliphatic carbocycles. The van der Waals surface area contributed by atoms with Gasteiger partial charge in [0.15, 0.2) is 4.80 Å². The second-order valence-corrected chi connectivity index (χ2v) is 7.13. The van der Waals surface area contributed by atoms with Crippen LogP contribution in [0.15, 0.2) is 35.3 Å². The summed E-state index contributed by atoms with van der Waals surface area (Å²) < 4.78 is 2.87. The number of carbonyl (C=O) groups is 1. The number of carbonyl (C=O) groups excluding carboxylic acids is 1. The standard InChI is InChI=1S/C17H14ClN3O3S/c1-9-6-10(2)15-14(7-9)25-17(20(15)3)19-16(22)12-8-11(21(23)24)4-5-13(12)18/h4-8H,1-3H3. The van der Waals surface area contributed by atoms with Gasteiger partial charge in [0.25, 0.3) is 11.6 Å². The van der Waals surface area contributed by atoms with Crippen molar-refractivity contribution in [1.29, 1.82) is 0 Å². The smallest absolute Gasteiger partial charge is 0.281 e. The van der Waals surface area contributed by atoms with Crippen molar-refractivity contribution in [2.45, 2.75) is 13.8 Å². The molecule has 0 atom stereocenters. The van der Waals surface area contributed by atoms with Gasteiger partial charge in [-0.05, 0) is 37.1 Å². The molecule has 2 aromatic carbocycles. The van der Waals surface area contributed by atoms with E-state index in [0.29, 0.717) is 4.80 Å². The van der Waals surface area contributed by atoms with Gasteiger partial charge in [0.2, 0.25) is 0 Å². The van der Waals surface area contributed by atoms with Crippen molar-refractivity contribution in [2.75, 3.05) is 0 Å². The normalized spacial score (nSPS) is 11.9. The first kappa shape index (κ1) is 17.3. The Bertz CT molecular complexity index is 1100. The Balaban J connectivity index is 2.16. The third-order valence-electron chi connectivity index (χ3n) is 3.82. The molecule has 0 unspecified atom stereocenters. The van der Waals surface area contributed by atoms with E-state index in [0.717, 1.165) is 27.4 Å². The summed E-state index contributed by atoms with van der Waals surface area (Å²) in [4.78, 5) is 27.5. The minimum atomic E-state index is -0.606. The highest BCUT2D eigenvalue weighted by Crippen LogP contribution is 2.24. The SMILES string of the molecule is Cc1cc(C)c2c(c1)sc(=NC(=O)c1cc([N+](=O)[O-])ccc1Cl)n2C. The summed E-state index contributed by atoms with van der Waals surface area (Å²) in [6, 6.07) is 7.84. The van der Waals surface area contributed by atoms with Crippen LogP contribution in [0.4, 0.5) is 5.69 Å². The van der Waals surface area contributed by atoms with Gasteiger partial charge in [0.1, 0.15) is 0 Å². The molecule has 1 heterocycles. The molecule has 0 spiro atoms. The molecule has 128 valence electrons. The summed E-state index contributed by atoms with van der Waals surface area (Å²) >= 11 is 7.41. The van der Waals surface area contributed by atoms with Crippen LogP contribution in [-0.4, -0.2) is 15.4 Å². The highest BCUT2D eigenvalue weighted by atomic mass is 35.5. The molecule has 25 heavy (non-hydrogen) atoms. The first-order chi connectivity index (χ1) is 11.8. The Morgan fingerprint density at radius 3 is 2.68 bits per heavy atom. The molecule has 6 nitrogen and oxygen atoms in total. The number of nitrogens with zero attached hydrogens (tertiary/aromatic N) is 3. The quantitative estimate of drug-likeness (QED) is 0.498. The molecular weight excluding hydrogens is 362 g/mol. The lowest BCUT2D eigenvalue weighted by molar-refractivity contribution is -0.384. The molecule has 0 aliphatic heterocycles. The van der Waals surface area contributed by atoms with Crippen molar-refractivity contribution in [3.63, 3.8) is 0 Å². The Hall–Kier alpha value is -2.51. The molecule has 3 rings (SSSR count). The molecule has 0 N–H and O–H groups in total. The summed E-state index contributed by atoms with van der Waals surface area (Å²) in [5.74, 6) is -0.606. The summed E-state index contributed by atoms with van der Waals surface area (Å²) in [6.45, 7) is 4.02. The number of rotatable bonds is 2. The number of halogens is 1. The predicted molar refractivity (Wildman–Crippen MR) is 98.3 cm³/mol. The third-order valence-corrected chi connectivity index (χ3v) is 5.23. The number of thiazole rings is 1. The number of aromatic nitrogens is 1. The van der Waals surface area contributed by atoms with Gasteiger partial charge in [-0.1, -0.05) is 29.0 Å². The maximum atomic E-state index is 12.5. The Morgan fingerprint density at radius 1 is 1.28 bits per heavy atom. The van der Waals surface area contributed by atoms with Crippen LogP contribution in [0.25, 0.3) is 10.2 Å². The van der Waals surface area contributed by atoms with Crippen LogP contribution in [0, 0.1) is 24.0 Å². The average Bonchev–Trinajstić information content (AvgIpc) is 2.83. The Kier molecular flexibility index (Phi) is 4.45. The van der Waals surface area contributed by atoms with E-state index in [-0.39, 0.29) is 16.3 Å². The van der Waals surface area contributed by atoms with Gasteiger partial charge in [-0.25, -0.2) is 0 Å². The molecule has 3 aromatic rings. The molecule has 0 aliphatic rings. The number of fused-ring (bicyclic) bond motifs is 1. The minimum absolute atomic E-state index is 0.0150. The maximum absolute atomic E-state index is 12.5. The van der Waals surface area contributed by atoms with Gasteiger partial charge in [-0.3, -0.25) is 14.9 Å². The van der Waals surface area contributed by atoms with E-state index in [4.69, 9.17) is 11.6 Å². The second kappa shape index (κ2) is 6.42. The fourth-order valence-corrected chi connectivity index (χ4v) is 4.12. The van der Waals surface area contributed by atoms with Gasteiger partial charge < -0.3 is 4.57 Å². The first-order valence-electron chi connectivity index (χ1n) is 7.37. The van der Waals surface area contributed by atoms with E-state index >= 15 is 0 Å². The first-order valence-corrected chi connectivity index (χ1v) is 8.57. The predicted octanol–water partition coefficient (Wildman–Crippen LogP) is 4.16. The largest absolute Gasteiger partial charge is 0.319 e. The van der Waals surface area contributed by atoms with E-state index < -0.39 is 10.8 Å². The van der Waals surface area contributed by atoms with Crippen molar-refractivity contribution in [3.8, 4) is 0 Å². The number of non-ortho nitro benzene ring substituents is 1. The highest BCUT2D eigenvalue weighted by molar-refractivity contribution is 7.16. The molecule has 0 saturated carbocycles. The maximum Gasteiger partial charge on any atom is 0.281 e. The molecule has 1 amide bonds. The number of hydrogen-bond donors (Lipinski definition) is 0. The fourth-order valence-electron chi connectivity index (χ4n) is 2.73. The van der Waals surface area contributed by atoms with Crippen LogP contribution in [0.1, 0.15) is 21.5 Å². The summed E-state index contributed by atoms with van der Waals surface area (Å²) in [7, 11) is 1.84. The zero-order chi connectivity index (χ0) is 18.3. The van der Waals surface area contributed by atoms with E-state index in [2.05, 4.69) is 11.1 Å². The van der Waals surface area contributed by atoms with Crippen LogP contribution >= 0.6 is 22.9 Å². The van der Waals surface area contributed by atoms with E-state index in [9.17, 15) is 14.9 Å². The van der Waals surface area contributed by atoms with Gasteiger partial charge >= 0.3 is 0 Å². The van der Waals surface area contributed by atoms with Gasteiger partial charge in [0.05, 0.1) is 25.7 Å². The molecular formula is C17H14ClN3O3S. The average molecular weight is 376 g/mol. The van der Waals surface area contributed by atoms with Crippen LogP contribution in [-0.2, 0) is 7.05 Å². The van der Waals surface area contributed by atoms with E-state index in [1.54, 1.807) is 0 Å². The zero-order valence-corrected chi connectivity index (χ0v) is 15.3. The van der Waals surface area contributed by atoms with Crippen LogP contribution < -0.4 is 4.80 Å². The molecule has 1 aromatic heterocycles. The fraction of sp³-hybridized carbons (Fsp3) is 0.176. The van der Waals surface area contributed by atoms with Crippen molar-refractivity contribution < 1.29 is 9.72 Å². The lowest BCUT2D eigenvalue weighted by Gasteiger charge is -2.02. The number of benzene rings is 2. The van der Waals surface area contributed by atoms with Crippen LogP contribution in [0.5, 0.6) is 0 Å². The van der Waals surface area contributed by atoms with Crippen molar-refractivity contribution >= 4 is 44.7 Å². The lowest BCUT2D eigenvalue weighted by atomic mass is 10.1. The van der Waals surface area contributed by atoms with Gasteiger partial charge in [-0.15, -0.1) is 0 Å². The molecule has 0 radical (unpaired) electrons. The minimum Gasteiger partial charge on any atom is -0.319 e. The lowest BCUT2D eigenvalue weighted by Crippen LogP contribution is -2.14. The summed E-state index contributed by atoms with van der Waals surface area (Å²) in [6.07, 6.45) is 0. The Labute approximate surface area is 152 Å². The van der Waals surface area contributed by atoms with Crippen molar-refractivity contribution in [1.82, 2.24) is 4.57 Å². The Morgan fingerprint density at radius 2 is 2.00 bits per heavy atom. The summed E-state index contributed by atoms with van der Waals surface area (Å²) in [5, 5.41) is 11.0.